The van der Waals surface area contributed by atoms with Crippen molar-refractivity contribution in [2.75, 3.05) is 4.90 Å². The lowest BCUT2D eigenvalue weighted by Crippen LogP contribution is -2.38. The van der Waals surface area contributed by atoms with E-state index in [1.807, 2.05) is 79.0 Å². The maximum Gasteiger partial charge on any atom is 0.197 e. The molecule has 7 aromatic rings. The summed E-state index contributed by atoms with van der Waals surface area (Å²) in [6, 6.07) is 36.3. The summed E-state index contributed by atoms with van der Waals surface area (Å²) < 4.78 is 0. The maximum atomic E-state index is 13.6. The number of aromatic nitrogens is 1. The van der Waals surface area contributed by atoms with Crippen molar-refractivity contribution in [2.24, 2.45) is 0 Å². The molecule has 0 unspecified atom stereocenters. The van der Waals surface area contributed by atoms with Crippen molar-refractivity contribution >= 4 is 56.0 Å². The monoisotopic (exact) mass is 574 g/mol. The van der Waals surface area contributed by atoms with Crippen LogP contribution in [0.15, 0.2) is 125 Å². The first-order chi connectivity index (χ1) is 20.9. The third-order valence-corrected chi connectivity index (χ3v) is 9.73. The van der Waals surface area contributed by atoms with Gasteiger partial charge in [-0.05, 0) is 59.0 Å². The molecule has 43 heavy (non-hydrogen) atoms. The summed E-state index contributed by atoms with van der Waals surface area (Å²) in [5.74, 6) is 0. The Morgan fingerprint density at radius 2 is 1.30 bits per heavy atom. The Morgan fingerprint density at radius 3 is 1.91 bits per heavy atom. The highest BCUT2D eigenvalue weighted by Crippen LogP contribution is 2.52. The van der Waals surface area contributed by atoms with Crippen LogP contribution in [-0.2, 0) is 5.41 Å². The van der Waals surface area contributed by atoms with Gasteiger partial charge in [0.15, 0.2) is 10.9 Å². The molecule has 0 spiro atoms. The van der Waals surface area contributed by atoms with Gasteiger partial charge in [0.2, 0.25) is 0 Å². The summed E-state index contributed by atoms with van der Waals surface area (Å²) in [6.45, 7) is 4.44. The molecule has 1 aliphatic rings. The van der Waals surface area contributed by atoms with Crippen LogP contribution in [0.4, 0.5) is 17.1 Å². The Hall–Kier alpha value is -5.13. The maximum absolute atomic E-state index is 13.6. The van der Waals surface area contributed by atoms with Gasteiger partial charge in [-0.25, -0.2) is 0 Å². The Morgan fingerprint density at radius 1 is 0.698 bits per heavy atom. The lowest BCUT2D eigenvalue weighted by Gasteiger charge is -2.27. The second-order valence-corrected chi connectivity index (χ2v) is 12.6. The van der Waals surface area contributed by atoms with Gasteiger partial charge in [-0.1, -0.05) is 86.6 Å². The highest BCUT2D eigenvalue weighted by atomic mass is 32.1. The zero-order valence-electron chi connectivity index (χ0n) is 23.7. The van der Waals surface area contributed by atoms with Crippen LogP contribution in [0.25, 0.3) is 38.2 Å². The largest absolute Gasteiger partial charge is 0.309 e. The average Bonchev–Trinajstić information content (AvgIpc) is 3.55. The molecule has 8 rings (SSSR count). The van der Waals surface area contributed by atoms with Crippen LogP contribution in [0.1, 0.15) is 29.9 Å². The molecule has 0 radical (unpaired) electrons. The van der Waals surface area contributed by atoms with E-state index in [-0.39, 0.29) is 21.5 Å². The summed E-state index contributed by atoms with van der Waals surface area (Å²) >= 11 is 1.59. The summed E-state index contributed by atoms with van der Waals surface area (Å²) in [5, 5.41) is 3.05. The minimum absolute atomic E-state index is 0.216. The number of fused-ring (bicyclic) bond motifs is 3. The van der Waals surface area contributed by atoms with E-state index in [0.717, 1.165) is 54.4 Å². The molecule has 0 atom stereocenters. The van der Waals surface area contributed by atoms with Crippen LogP contribution in [0.2, 0.25) is 0 Å². The van der Waals surface area contributed by atoms with Gasteiger partial charge in [0.1, 0.15) is 0 Å². The fraction of sp³-hybridized carbons (Fsp3) is 0.0789. The molecule has 0 bridgehead atoms. The second kappa shape index (κ2) is 9.45. The molecule has 0 saturated carbocycles. The Bertz CT molecular complexity index is 2260. The molecule has 4 nitrogen and oxygen atoms in total. The van der Waals surface area contributed by atoms with Crippen LogP contribution in [0.3, 0.4) is 0 Å². The van der Waals surface area contributed by atoms with Crippen molar-refractivity contribution in [3.05, 3.63) is 157 Å². The van der Waals surface area contributed by atoms with Crippen molar-refractivity contribution in [1.82, 2.24) is 4.98 Å². The number of nitrogens with zero attached hydrogens (tertiary/aromatic N) is 2. The summed E-state index contributed by atoms with van der Waals surface area (Å²) in [6.07, 6.45) is 3.72. The molecule has 2 heterocycles. The lowest BCUT2D eigenvalue weighted by atomic mass is 9.83. The lowest BCUT2D eigenvalue weighted by molar-refractivity contribution is 0.660. The van der Waals surface area contributed by atoms with E-state index in [2.05, 4.69) is 55.1 Å². The van der Waals surface area contributed by atoms with Crippen molar-refractivity contribution in [3.63, 3.8) is 0 Å². The van der Waals surface area contributed by atoms with Crippen molar-refractivity contribution in [3.8, 4) is 10.6 Å². The molecule has 0 N–H and O–H groups in total. The van der Waals surface area contributed by atoms with E-state index in [0.29, 0.717) is 10.8 Å². The SMILES string of the molecule is CC1(C)c2cc(N(c3ccccc3)c3ccccc3)cnc2-c2sc(C=c3c(=O)c4cccc5cccc(c3=O)c54)cc21. The number of thiophene rings is 1. The topological polar surface area (TPSA) is 50.3 Å². The van der Waals surface area contributed by atoms with Crippen molar-refractivity contribution in [2.45, 2.75) is 19.3 Å². The first-order valence-corrected chi connectivity index (χ1v) is 15.1. The fourth-order valence-electron chi connectivity index (χ4n) is 6.49. The average molecular weight is 575 g/mol. The van der Waals surface area contributed by atoms with Gasteiger partial charge in [-0.15, -0.1) is 11.3 Å². The van der Waals surface area contributed by atoms with Crippen LogP contribution in [0.5, 0.6) is 0 Å². The molecule has 206 valence electrons. The van der Waals surface area contributed by atoms with E-state index in [1.54, 1.807) is 17.4 Å². The molecule has 0 amide bonds. The number of pyridine rings is 1. The van der Waals surface area contributed by atoms with Gasteiger partial charge >= 0.3 is 0 Å². The number of hydrogen-bond donors (Lipinski definition) is 0. The van der Waals surface area contributed by atoms with Crippen LogP contribution >= 0.6 is 11.3 Å². The van der Waals surface area contributed by atoms with Crippen LogP contribution in [0, 0.1) is 0 Å². The smallest absolute Gasteiger partial charge is 0.197 e. The van der Waals surface area contributed by atoms with Gasteiger partial charge in [0, 0.05) is 37.8 Å². The highest BCUT2D eigenvalue weighted by molar-refractivity contribution is 7.16. The number of para-hydroxylation sites is 2. The predicted molar refractivity (Wildman–Crippen MR) is 178 cm³/mol. The van der Waals surface area contributed by atoms with E-state index < -0.39 is 0 Å². The molecule has 0 fully saturated rings. The molecule has 5 heteroatoms. The second-order valence-electron chi connectivity index (χ2n) is 11.5. The number of rotatable bonds is 4. The third kappa shape index (κ3) is 3.85. The van der Waals surface area contributed by atoms with Crippen molar-refractivity contribution in [1.29, 1.82) is 0 Å². The Labute approximate surface area is 252 Å². The van der Waals surface area contributed by atoms with Gasteiger partial charge in [-0.2, -0.15) is 0 Å². The quantitative estimate of drug-likeness (QED) is 0.214. The molecule has 0 aliphatic heterocycles. The van der Waals surface area contributed by atoms with Crippen LogP contribution in [-0.4, -0.2) is 4.98 Å². The molecule has 0 saturated heterocycles. The first-order valence-electron chi connectivity index (χ1n) is 14.3. The number of anilines is 3. The molecule has 1 aliphatic carbocycles. The van der Waals surface area contributed by atoms with E-state index in [9.17, 15) is 9.59 Å². The zero-order valence-corrected chi connectivity index (χ0v) is 24.5. The molecular weight excluding hydrogens is 548 g/mol. The molecule has 2 aromatic heterocycles. The molecule has 5 aromatic carbocycles. The van der Waals surface area contributed by atoms with Gasteiger partial charge in [0.05, 0.1) is 27.7 Å². The summed E-state index contributed by atoms with van der Waals surface area (Å²) in [7, 11) is 0. The first kappa shape index (κ1) is 25.6. The van der Waals surface area contributed by atoms with Gasteiger partial charge in [0.25, 0.3) is 0 Å². The van der Waals surface area contributed by atoms with E-state index in [1.165, 1.54) is 0 Å². The summed E-state index contributed by atoms with van der Waals surface area (Å²) in [4.78, 5) is 36.3. The number of hydrogen-bond acceptors (Lipinski definition) is 5. The van der Waals surface area contributed by atoms with E-state index in [4.69, 9.17) is 4.98 Å². The minimum Gasteiger partial charge on any atom is -0.309 e. The van der Waals surface area contributed by atoms with Crippen LogP contribution < -0.4 is 21.0 Å². The van der Waals surface area contributed by atoms with Gasteiger partial charge in [-0.3, -0.25) is 14.6 Å². The normalized spacial score (nSPS) is 13.3. The Balaban J connectivity index is 1.27. The zero-order chi connectivity index (χ0) is 29.3. The number of benzene rings is 5. The fourth-order valence-corrected chi connectivity index (χ4v) is 7.76. The minimum atomic E-state index is -0.307. The Kier molecular flexibility index (Phi) is 5.62. The summed E-state index contributed by atoms with van der Waals surface area (Å²) in [5.41, 5.74) is 5.66. The third-order valence-electron chi connectivity index (χ3n) is 8.64. The predicted octanol–water partition coefficient (Wildman–Crippen LogP) is 7.93. The standard InChI is InChI=1S/C38H26N2O2S/c1-38(2)31-19-26(40(24-13-5-3-6-14-24)25-15-7-4-8-16-25)22-39-34(31)37-32(38)21-27(43-37)20-30-35(41)28-17-9-11-23-12-10-18-29(33(23)28)36(30)42/h3-22H,1-2H3. The van der Waals surface area contributed by atoms with Crippen molar-refractivity contribution < 1.29 is 0 Å². The van der Waals surface area contributed by atoms with E-state index >= 15 is 0 Å². The van der Waals surface area contributed by atoms with Gasteiger partial charge < -0.3 is 4.90 Å². The molecular formula is C38H26N2O2S. The highest BCUT2D eigenvalue weighted by Gasteiger charge is 2.39.